The van der Waals surface area contributed by atoms with Gasteiger partial charge < -0.3 is 19.7 Å². The number of amides is 2. The monoisotopic (exact) mass is 410 g/mol. The molecule has 1 N–H and O–H groups in total. The Balaban J connectivity index is 1.41. The predicted octanol–water partition coefficient (Wildman–Crippen LogP) is 4.04. The van der Waals surface area contributed by atoms with Gasteiger partial charge >= 0.3 is 6.09 Å². The van der Waals surface area contributed by atoms with E-state index in [1.54, 1.807) is 19.2 Å². The number of carbonyl (C=O) groups is 2. The van der Waals surface area contributed by atoms with E-state index < -0.39 is 6.09 Å². The lowest BCUT2D eigenvalue weighted by Gasteiger charge is -2.32. The van der Waals surface area contributed by atoms with Crippen LogP contribution in [-0.4, -0.2) is 43.1 Å². The Morgan fingerprint density at radius 1 is 1.07 bits per heavy atom. The van der Waals surface area contributed by atoms with Crippen molar-refractivity contribution in [2.45, 2.75) is 38.6 Å². The average Bonchev–Trinajstić information content (AvgIpc) is 2.75. The summed E-state index contributed by atoms with van der Waals surface area (Å²) in [4.78, 5) is 26.7. The third kappa shape index (κ3) is 6.24. The maximum Gasteiger partial charge on any atom is 0.412 e. The summed E-state index contributed by atoms with van der Waals surface area (Å²) in [6.07, 6.45) is 2.33. The summed E-state index contributed by atoms with van der Waals surface area (Å²) in [6, 6.07) is 17.0. The number of methoxy groups -OCH3 is 1. The molecule has 3 rings (SSSR count). The molecule has 0 saturated carbocycles. The SMILES string of the molecule is COc1ccccc1CC(C)CC(=O)N1CCC(NC(=O)Oc2ccccc2)CC1. The second-order valence-corrected chi connectivity index (χ2v) is 7.83. The summed E-state index contributed by atoms with van der Waals surface area (Å²) in [5, 5.41) is 2.90. The molecule has 6 heteroatoms. The van der Waals surface area contributed by atoms with Crippen LogP contribution in [0, 0.1) is 5.92 Å². The fraction of sp³-hybridized carbons (Fsp3) is 0.417. The number of carbonyl (C=O) groups excluding carboxylic acids is 2. The molecule has 0 spiro atoms. The fourth-order valence-electron chi connectivity index (χ4n) is 3.81. The molecular formula is C24H30N2O4. The molecule has 6 nitrogen and oxygen atoms in total. The van der Waals surface area contributed by atoms with Crippen molar-refractivity contribution in [3.63, 3.8) is 0 Å². The number of benzene rings is 2. The average molecular weight is 411 g/mol. The number of para-hydroxylation sites is 2. The van der Waals surface area contributed by atoms with Gasteiger partial charge in [0.05, 0.1) is 7.11 Å². The highest BCUT2D eigenvalue weighted by atomic mass is 16.6. The van der Waals surface area contributed by atoms with Gasteiger partial charge in [0.1, 0.15) is 11.5 Å². The van der Waals surface area contributed by atoms with E-state index in [9.17, 15) is 9.59 Å². The van der Waals surface area contributed by atoms with Crippen LogP contribution in [0.2, 0.25) is 0 Å². The summed E-state index contributed by atoms with van der Waals surface area (Å²) in [7, 11) is 1.67. The van der Waals surface area contributed by atoms with Crippen molar-refractivity contribution in [1.82, 2.24) is 10.2 Å². The van der Waals surface area contributed by atoms with Crippen LogP contribution in [0.15, 0.2) is 54.6 Å². The van der Waals surface area contributed by atoms with Crippen LogP contribution < -0.4 is 14.8 Å². The number of ether oxygens (including phenoxy) is 2. The quantitative estimate of drug-likeness (QED) is 0.748. The highest BCUT2D eigenvalue weighted by Gasteiger charge is 2.25. The predicted molar refractivity (Wildman–Crippen MR) is 116 cm³/mol. The van der Waals surface area contributed by atoms with Gasteiger partial charge in [-0.2, -0.15) is 0 Å². The van der Waals surface area contributed by atoms with E-state index >= 15 is 0 Å². The molecule has 0 aromatic heterocycles. The minimum Gasteiger partial charge on any atom is -0.496 e. The van der Waals surface area contributed by atoms with Gasteiger partial charge in [-0.3, -0.25) is 4.79 Å². The molecule has 1 aliphatic heterocycles. The first-order valence-electron chi connectivity index (χ1n) is 10.5. The van der Waals surface area contributed by atoms with Gasteiger partial charge in [0.25, 0.3) is 0 Å². The molecule has 2 aromatic rings. The molecule has 2 aromatic carbocycles. The molecule has 2 amide bonds. The molecule has 1 aliphatic rings. The largest absolute Gasteiger partial charge is 0.496 e. The number of rotatable bonds is 7. The molecule has 0 radical (unpaired) electrons. The molecule has 1 fully saturated rings. The highest BCUT2D eigenvalue weighted by Crippen LogP contribution is 2.23. The van der Waals surface area contributed by atoms with Crippen LogP contribution in [0.3, 0.4) is 0 Å². The first-order valence-corrected chi connectivity index (χ1v) is 10.5. The van der Waals surface area contributed by atoms with E-state index in [1.807, 2.05) is 47.4 Å². The van der Waals surface area contributed by atoms with E-state index in [0.29, 0.717) is 25.3 Å². The molecule has 0 bridgehead atoms. The van der Waals surface area contributed by atoms with Gasteiger partial charge in [-0.25, -0.2) is 4.79 Å². The second kappa shape index (κ2) is 10.7. The minimum absolute atomic E-state index is 0.0243. The summed E-state index contributed by atoms with van der Waals surface area (Å²) in [6.45, 7) is 3.39. The van der Waals surface area contributed by atoms with Crippen LogP contribution in [0.4, 0.5) is 4.79 Å². The topological polar surface area (TPSA) is 67.9 Å². The van der Waals surface area contributed by atoms with Crippen molar-refractivity contribution < 1.29 is 19.1 Å². The maximum atomic E-state index is 12.7. The third-order valence-corrected chi connectivity index (χ3v) is 5.41. The third-order valence-electron chi connectivity index (χ3n) is 5.41. The number of hydrogen-bond acceptors (Lipinski definition) is 4. The summed E-state index contributed by atoms with van der Waals surface area (Å²) in [5.41, 5.74) is 1.13. The number of nitrogens with one attached hydrogen (secondary N) is 1. The molecule has 1 heterocycles. The molecular weight excluding hydrogens is 380 g/mol. The van der Waals surface area contributed by atoms with Crippen LogP contribution in [-0.2, 0) is 11.2 Å². The van der Waals surface area contributed by atoms with Gasteiger partial charge in [-0.05, 0) is 48.9 Å². The number of nitrogens with zero attached hydrogens (tertiary/aromatic N) is 1. The van der Waals surface area contributed by atoms with Crippen molar-refractivity contribution in [2.75, 3.05) is 20.2 Å². The van der Waals surface area contributed by atoms with E-state index in [2.05, 4.69) is 12.2 Å². The van der Waals surface area contributed by atoms with Gasteiger partial charge in [0, 0.05) is 25.6 Å². The van der Waals surface area contributed by atoms with E-state index in [-0.39, 0.29) is 17.9 Å². The van der Waals surface area contributed by atoms with Crippen LogP contribution in [0.5, 0.6) is 11.5 Å². The standard InChI is InChI=1S/C24H30N2O4/c1-18(16-19-8-6-7-11-22(19)29-2)17-23(27)26-14-12-20(13-15-26)25-24(28)30-21-9-4-3-5-10-21/h3-11,18,20H,12-17H2,1-2H3,(H,25,28). The van der Waals surface area contributed by atoms with Crippen molar-refractivity contribution in [3.8, 4) is 11.5 Å². The molecule has 1 saturated heterocycles. The van der Waals surface area contributed by atoms with E-state index in [1.165, 1.54) is 0 Å². The molecule has 1 atom stereocenters. The lowest BCUT2D eigenvalue weighted by atomic mass is 9.96. The van der Waals surface area contributed by atoms with E-state index in [4.69, 9.17) is 9.47 Å². The molecule has 1 unspecified atom stereocenters. The van der Waals surface area contributed by atoms with Crippen LogP contribution in [0.25, 0.3) is 0 Å². The summed E-state index contributed by atoms with van der Waals surface area (Å²) in [5.74, 6) is 1.78. The van der Waals surface area contributed by atoms with Crippen molar-refractivity contribution in [1.29, 1.82) is 0 Å². The Bertz CT molecular complexity index is 832. The lowest BCUT2D eigenvalue weighted by molar-refractivity contribution is -0.133. The Kier molecular flexibility index (Phi) is 7.71. The zero-order chi connectivity index (χ0) is 21.3. The Morgan fingerprint density at radius 3 is 2.43 bits per heavy atom. The van der Waals surface area contributed by atoms with Crippen molar-refractivity contribution in [3.05, 3.63) is 60.2 Å². The first-order chi connectivity index (χ1) is 14.5. The fourth-order valence-corrected chi connectivity index (χ4v) is 3.81. The Morgan fingerprint density at radius 2 is 1.73 bits per heavy atom. The Hall–Kier alpha value is -3.02. The number of likely N-dealkylation sites (tertiary alicyclic amines) is 1. The van der Waals surface area contributed by atoms with Crippen LogP contribution in [0.1, 0.15) is 31.7 Å². The molecule has 0 aliphatic carbocycles. The summed E-state index contributed by atoms with van der Waals surface area (Å²) < 4.78 is 10.7. The zero-order valence-corrected chi connectivity index (χ0v) is 17.7. The maximum absolute atomic E-state index is 12.7. The molecule has 160 valence electrons. The van der Waals surface area contributed by atoms with Gasteiger partial charge in [-0.1, -0.05) is 43.3 Å². The normalized spacial score (nSPS) is 15.3. The minimum atomic E-state index is -0.448. The second-order valence-electron chi connectivity index (χ2n) is 7.83. The number of piperidine rings is 1. The lowest BCUT2D eigenvalue weighted by Crippen LogP contribution is -2.47. The van der Waals surface area contributed by atoms with Gasteiger partial charge in [0.15, 0.2) is 0 Å². The first kappa shape index (κ1) is 21.7. The smallest absolute Gasteiger partial charge is 0.412 e. The zero-order valence-electron chi connectivity index (χ0n) is 17.7. The number of hydrogen-bond donors (Lipinski definition) is 1. The Labute approximate surface area is 178 Å². The highest BCUT2D eigenvalue weighted by molar-refractivity contribution is 5.76. The van der Waals surface area contributed by atoms with Gasteiger partial charge in [-0.15, -0.1) is 0 Å². The van der Waals surface area contributed by atoms with Crippen LogP contribution >= 0.6 is 0 Å². The molecule has 30 heavy (non-hydrogen) atoms. The van der Waals surface area contributed by atoms with E-state index in [0.717, 1.165) is 30.6 Å². The van der Waals surface area contributed by atoms with Crippen molar-refractivity contribution in [2.24, 2.45) is 5.92 Å². The van der Waals surface area contributed by atoms with Gasteiger partial charge in [0.2, 0.25) is 5.91 Å². The summed E-state index contributed by atoms with van der Waals surface area (Å²) >= 11 is 0. The van der Waals surface area contributed by atoms with Crippen molar-refractivity contribution >= 4 is 12.0 Å².